The highest BCUT2D eigenvalue weighted by atomic mass is 16.7. The number of rotatable bonds is 1. The van der Waals surface area contributed by atoms with E-state index in [1.54, 1.807) is 4.57 Å². The summed E-state index contributed by atoms with van der Waals surface area (Å²) in [5.74, 6) is 0.894. The van der Waals surface area contributed by atoms with Crippen LogP contribution in [0.4, 0.5) is 0 Å². The highest BCUT2D eigenvalue weighted by Gasteiger charge is 2.51. The van der Waals surface area contributed by atoms with Crippen LogP contribution in [0.3, 0.4) is 0 Å². The maximum absolute atomic E-state index is 12.7. The second-order valence-electron chi connectivity index (χ2n) is 7.45. The summed E-state index contributed by atoms with van der Waals surface area (Å²) in [5, 5.41) is 0.642. The van der Waals surface area contributed by atoms with Gasteiger partial charge in [0.15, 0.2) is 0 Å². The van der Waals surface area contributed by atoms with E-state index in [2.05, 4.69) is 4.98 Å². The Labute approximate surface area is 135 Å². The predicted molar refractivity (Wildman–Crippen MR) is 90.0 cm³/mol. The molecule has 1 aromatic heterocycles. The van der Waals surface area contributed by atoms with Crippen LogP contribution in [0, 0.1) is 0 Å². The summed E-state index contributed by atoms with van der Waals surface area (Å²) in [5.41, 5.74) is 0.883. The average molecular weight is 312 g/mol. The lowest BCUT2D eigenvalue weighted by Gasteiger charge is -2.32. The lowest BCUT2D eigenvalue weighted by atomic mass is 9.78. The fraction of sp³-hybridized carbons (Fsp3) is 0.529. The number of hydrogen-bond acceptors (Lipinski definition) is 4. The van der Waals surface area contributed by atoms with E-state index in [0.29, 0.717) is 5.39 Å². The van der Waals surface area contributed by atoms with Crippen molar-refractivity contribution in [1.82, 2.24) is 9.55 Å². The third-order valence-electron chi connectivity index (χ3n) is 5.36. The smallest absolute Gasteiger partial charge is 0.399 e. The van der Waals surface area contributed by atoms with Crippen LogP contribution in [0.2, 0.25) is 0 Å². The van der Waals surface area contributed by atoms with Crippen LogP contribution in [0.5, 0.6) is 0 Å². The van der Waals surface area contributed by atoms with E-state index in [9.17, 15) is 4.79 Å². The third kappa shape index (κ3) is 2.16. The molecule has 0 unspecified atom stereocenters. The van der Waals surface area contributed by atoms with Gasteiger partial charge in [-0.15, -0.1) is 0 Å². The Kier molecular flexibility index (Phi) is 3.03. The predicted octanol–water partition coefficient (Wildman–Crippen LogP) is 1.64. The lowest BCUT2D eigenvalue weighted by molar-refractivity contribution is 0.00578. The van der Waals surface area contributed by atoms with E-state index in [-0.39, 0.29) is 5.56 Å². The molecule has 0 N–H and O–H groups in total. The fourth-order valence-corrected chi connectivity index (χ4v) is 3.23. The van der Waals surface area contributed by atoms with E-state index in [0.717, 1.165) is 36.2 Å². The molecule has 0 radical (unpaired) electrons. The minimum atomic E-state index is -0.456. The first-order valence-corrected chi connectivity index (χ1v) is 8.17. The molecule has 0 spiro atoms. The van der Waals surface area contributed by atoms with Crippen molar-refractivity contribution >= 4 is 23.5 Å². The molecule has 2 aliphatic rings. The van der Waals surface area contributed by atoms with Crippen molar-refractivity contribution in [3.8, 4) is 0 Å². The molecule has 3 heterocycles. The Morgan fingerprint density at radius 3 is 2.57 bits per heavy atom. The van der Waals surface area contributed by atoms with E-state index in [1.807, 2.05) is 45.9 Å². The minimum Gasteiger partial charge on any atom is -0.399 e. The van der Waals surface area contributed by atoms with E-state index >= 15 is 0 Å². The van der Waals surface area contributed by atoms with Gasteiger partial charge in [0.05, 0.1) is 22.1 Å². The Hall–Kier alpha value is -1.66. The molecule has 1 aromatic carbocycles. The van der Waals surface area contributed by atoms with Crippen LogP contribution in [-0.2, 0) is 22.3 Å². The van der Waals surface area contributed by atoms with E-state index in [1.165, 1.54) is 0 Å². The highest BCUT2D eigenvalue weighted by Crippen LogP contribution is 2.36. The standard InChI is InChI=1S/C17H21BN2O3/c1-16(2)17(3,4)23-18(22-16)11-7-8-13-12(10-11)15(21)20-9-5-6-14(20)19-13/h7-8,10H,5-6,9H2,1-4H3. The number of aryl methyl sites for hydroxylation is 1. The fourth-order valence-electron chi connectivity index (χ4n) is 3.23. The maximum Gasteiger partial charge on any atom is 0.494 e. The Morgan fingerprint density at radius 2 is 1.87 bits per heavy atom. The zero-order valence-electron chi connectivity index (χ0n) is 14.0. The van der Waals surface area contributed by atoms with E-state index in [4.69, 9.17) is 9.31 Å². The van der Waals surface area contributed by atoms with Gasteiger partial charge in [0.1, 0.15) is 5.82 Å². The maximum atomic E-state index is 12.7. The monoisotopic (exact) mass is 312 g/mol. The van der Waals surface area contributed by atoms with Crippen molar-refractivity contribution in [2.75, 3.05) is 0 Å². The van der Waals surface area contributed by atoms with Crippen LogP contribution in [0.1, 0.15) is 39.9 Å². The SMILES string of the molecule is CC1(C)OB(c2ccc3nc4n(c(=O)c3c2)CCC4)OC1(C)C. The van der Waals surface area contributed by atoms with Gasteiger partial charge in [0.2, 0.25) is 0 Å². The second-order valence-corrected chi connectivity index (χ2v) is 7.45. The summed E-state index contributed by atoms with van der Waals surface area (Å²) in [6, 6.07) is 5.72. The summed E-state index contributed by atoms with van der Waals surface area (Å²) in [7, 11) is -0.456. The molecule has 120 valence electrons. The van der Waals surface area contributed by atoms with Gasteiger partial charge in [0, 0.05) is 13.0 Å². The van der Waals surface area contributed by atoms with Crippen LogP contribution in [0.25, 0.3) is 10.9 Å². The van der Waals surface area contributed by atoms with E-state index < -0.39 is 18.3 Å². The zero-order valence-corrected chi connectivity index (χ0v) is 14.0. The molecule has 0 amide bonds. The first-order valence-electron chi connectivity index (χ1n) is 8.17. The first-order chi connectivity index (χ1) is 10.8. The first kappa shape index (κ1) is 14.9. The Balaban J connectivity index is 1.80. The normalized spacial score (nSPS) is 21.8. The summed E-state index contributed by atoms with van der Waals surface area (Å²) in [6.45, 7) is 8.86. The summed E-state index contributed by atoms with van der Waals surface area (Å²) >= 11 is 0. The quantitative estimate of drug-likeness (QED) is 0.751. The molecular formula is C17H21BN2O3. The van der Waals surface area contributed by atoms with Crippen LogP contribution >= 0.6 is 0 Å². The van der Waals surface area contributed by atoms with Gasteiger partial charge in [0.25, 0.3) is 5.56 Å². The molecule has 2 aliphatic heterocycles. The molecule has 1 saturated heterocycles. The molecule has 0 aliphatic carbocycles. The van der Waals surface area contributed by atoms with Crippen molar-refractivity contribution in [2.45, 2.75) is 58.3 Å². The van der Waals surface area contributed by atoms with Gasteiger partial charge in [-0.25, -0.2) is 4.98 Å². The van der Waals surface area contributed by atoms with Gasteiger partial charge in [-0.2, -0.15) is 0 Å². The van der Waals surface area contributed by atoms with Crippen LogP contribution in [0.15, 0.2) is 23.0 Å². The van der Waals surface area contributed by atoms with Gasteiger partial charge in [-0.1, -0.05) is 6.07 Å². The summed E-state index contributed by atoms with van der Waals surface area (Å²) < 4.78 is 13.9. The third-order valence-corrected chi connectivity index (χ3v) is 5.36. The Bertz CT molecular complexity index is 841. The number of fused-ring (bicyclic) bond motifs is 2. The molecular weight excluding hydrogens is 291 g/mol. The molecule has 0 atom stereocenters. The molecule has 6 heteroatoms. The minimum absolute atomic E-state index is 0.0425. The second kappa shape index (κ2) is 4.68. The topological polar surface area (TPSA) is 53.4 Å². The molecule has 4 rings (SSSR count). The highest BCUT2D eigenvalue weighted by molar-refractivity contribution is 6.62. The number of hydrogen-bond donors (Lipinski definition) is 0. The molecule has 2 aromatic rings. The molecule has 23 heavy (non-hydrogen) atoms. The van der Waals surface area contributed by atoms with Crippen molar-refractivity contribution in [3.05, 3.63) is 34.4 Å². The van der Waals surface area contributed by atoms with Crippen LogP contribution in [-0.4, -0.2) is 27.9 Å². The van der Waals surface area contributed by atoms with Crippen molar-refractivity contribution in [1.29, 1.82) is 0 Å². The zero-order chi connectivity index (χ0) is 16.4. The number of aromatic nitrogens is 2. The van der Waals surface area contributed by atoms with Crippen molar-refractivity contribution < 1.29 is 9.31 Å². The van der Waals surface area contributed by atoms with Crippen molar-refractivity contribution in [3.63, 3.8) is 0 Å². The molecule has 5 nitrogen and oxygen atoms in total. The van der Waals surface area contributed by atoms with Crippen molar-refractivity contribution in [2.24, 2.45) is 0 Å². The lowest BCUT2D eigenvalue weighted by Crippen LogP contribution is -2.41. The molecule has 0 bridgehead atoms. The largest absolute Gasteiger partial charge is 0.494 e. The molecule has 1 fully saturated rings. The van der Waals surface area contributed by atoms with Gasteiger partial charge in [-0.3, -0.25) is 9.36 Å². The average Bonchev–Trinajstić information content (AvgIpc) is 3.02. The van der Waals surface area contributed by atoms with Gasteiger partial charge in [-0.05, 0) is 51.7 Å². The summed E-state index contributed by atoms with van der Waals surface area (Å²) in [6.07, 6.45) is 1.87. The summed E-state index contributed by atoms with van der Waals surface area (Å²) in [4.78, 5) is 17.3. The van der Waals surface area contributed by atoms with Gasteiger partial charge >= 0.3 is 7.12 Å². The molecule has 0 saturated carbocycles. The van der Waals surface area contributed by atoms with Crippen LogP contribution < -0.4 is 11.0 Å². The number of benzene rings is 1. The number of nitrogens with zero attached hydrogens (tertiary/aromatic N) is 2. The Morgan fingerprint density at radius 1 is 1.17 bits per heavy atom. The van der Waals surface area contributed by atoms with Gasteiger partial charge < -0.3 is 9.31 Å².